The lowest BCUT2D eigenvalue weighted by molar-refractivity contribution is 0.0607. The van der Waals surface area contributed by atoms with Crippen molar-refractivity contribution in [3.05, 3.63) is 42.1 Å². The molecule has 21 heavy (non-hydrogen) atoms. The third-order valence-electron chi connectivity index (χ3n) is 4.27. The monoisotopic (exact) mass is 283 g/mol. The number of nitrogens with two attached hydrogens (primary N) is 1. The van der Waals surface area contributed by atoms with Crippen LogP contribution in [0.25, 0.3) is 10.9 Å². The van der Waals surface area contributed by atoms with Gasteiger partial charge in [0, 0.05) is 24.2 Å². The molecule has 2 aromatic rings. The molecule has 1 atom stereocenters. The van der Waals surface area contributed by atoms with Gasteiger partial charge in [0.1, 0.15) is 0 Å². The average molecular weight is 283 g/mol. The minimum atomic E-state index is 0.117. The smallest absolute Gasteiger partial charge is 0.254 e. The van der Waals surface area contributed by atoms with Crippen LogP contribution < -0.4 is 5.73 Å². The number of carbonyl (C=O) groups is 1. The van der Waals surface area contributed by atoms with Crippen molar-refractivity contribution >= 4 is 16.8 Å². The van der Waals surface area contributed by atoms with Crippen molar-refractivity contribution in [2.75, 3.05) is 13.1 Å². The number of pyridine rings is 1. The number of rotatable bonds is 3. The van der Waals surface area contributed by atoms with Crippen LogP contribution in [0.5, 0.6) is 0 Å². The van der Waals surface area contributed by atoms with Gasteiger partial charge in [0.25, 0.3) is 5.91 Å². The van der Waals surface area contributed by atoms with Crippen LogP contribution in [0.1, 0.15) is 36.0 Å². The molecule has 4 heteroatoms. The van der Waals surface area contributed by atoms with E-state index in [4.69, 9.17) is 5.73 Å². The van der Waals surface area contributed by atoms with E-state index >= 15 is 0 Å². The Labute approximate surface area is 125 Å². The fourth-order valence-electron chi connectivity index (χ4n) is 3.20. The van der Waals surface area contributed by atoms with Gasteiger partial charge in [-0.1, -0.05) is 18.2 Å². The van der Waals surface area contributed by atoms with Gasteiger partial charge in [-0.3, -0.25) is 9.78 Å². The molecule has 4 nitrogen and oxygen atoms in total. The average Bonchev–Trinajstić information content (AvgIpc) is 2.54. The predicted molar refractivity (Wildman–Crippen MR) is 84.1 cm³/mol. The van der Waals surface area contributed by atoms with Gasteiger partial charge in [-0.25, -0.2) is 0 Å². The summed E-state index contributed by atoms with van der Waals surface area (Å²) in [5.74, 6) is 0.117. The number of fused-ring (bicyclic) bond motifs is 1. The second kappa shape index (κ2) is 6.22. The Morgan fingerprint density at radius 1 is 1.29 bits per heavy atom. The number of nitrogens with zero attached hydrogens (tertiary/aromatic N) is 2. The van der Waals surface area contributed by atoms with E-state index < -0.39 is 0 Å². The molecule has 1 amide bonds. The highest BCUT2D eigenvalue weighted by Gasteiger charge is 2.27. The van der Waals surface area contributed by atoms with E-state index in [1.165, 1.54) is 6.42 Å². The van der Waals surface area contributed by atoms with Crippen LogP contribution in [0.4, 0.5) is 0 Å². The molecule has 110 valence electrons. The molecule has 0 radical (unpaired) electrons. The van der Waals surface area contributed by atoms with Crippen molar-refractivity contribution in [2.45, 2.75) is 31.7 Å². The molecular weight excluding hydrogens is 262 g/mol. The number of amides is 1. The van der Waals surface area contributed by atoms with Crippen LogP contribution in [-0.2, 0) is 0 Å². The Kier molecular flexibility index (Phi) is 4.15. The molecule has 1 saturated heterocycles. The summed E-state index contributed by atoms with van der Waals surface area (Å²) in [5, 5.41) is 0.932. The topological polar surface area (TPSA) is 59.2 Å². The van der Waals surface area contributed by atoms with Crippen LogP contribution >= 0.6 is 0 Å². The van der Waals surface area contributed by atoms with Gasteiger partial charge >= 0.3 is 0 Å². The molecule has 0 saturated carbocycles. The molecule has 1 fully saturated rings. The summed E-state index contributed by atoms with van der Waals surface area (Å²) in [6, 6.07) is 9.93. The molecule has 1 aromatic carbocycles. The van der Waals surface area contributed by atoms with Crippen LogP contribution in [0.3, 0.4) is 0 Å². The number of carbonyl (C=O) groups excluding carboxylic acids is 1. The van der Waals surface area contributed by atoms with Gasteiger partial charge < -0.3 is 10.6 Å². The van der Waals surface area contributed by atoms with Crippen molar-refractivity contribution in [1.29, 1.82) is 0 Å². The van der Waals surface area contributed by atoms with Crippen LogP contribution in [0, 0.1) is 0 Å². The number of hydrogen-bond donors (Lipinski definition) is 1. The predicted octanol–water partition coefficient (Wildman–Crippen LogP) is 2.58. The SMILES string of the molecule is NCCC1CCCCN1C(=O)c1ccnc2ccccc12. The van der Waals surface area contributed by atoms with Gasteiger partial charge in [-0.2, -0.15) is 0 Å². The fraction of sp³-hybridized carbons (Fsp3) is 0.412. The number of likely N-dealkylation sites (tertiary alicyclic amines) is 1. The van der Waals surface area contributed by atoms with Gasteiger partial charge in [0.2, 0.25) is 0 Å². The first kappa shape index (κ1) is 14.0. The lowest BCUT2D eigenvalue weighted by Gasteiger charge is -2.36. The Balaban J connectivity index is 1.95. The zero-order valence-electron chi connectivity index (χ0n) is 12.2. The maximum absolute atomic E-state index is 13.0. The molecule has 2 heterocycles. The van der Waals surface area contributed by atoms with Crippen LogP contribution in [-0.4, -0.2) is 34.9 Å². The highest BCUT2D eigenvalue weighted by Crippen LogP contribution is 2.24. The van der Waals surface area contributed by atoms with Crippen molar-refractivity contribution < 1.29 is 4.79 Å². The maximum Gasteiger partial charge on any atom is 0.254 e. The highest BCUT2D eigenvalue weighted by atomic mass is 16.2. The summed E-state index contributed by atoms with van der Waals surface area (Å²) in [4.78, 5) is 19.3. The number of para-hydroxylation sites is 1. The van der Waals surface area contributed by atoms with Crippen molar-refractivity contribution in [1.82, 2.24) is 9.88 Å². The molecule has 0 bridgehead atoms. The van der Waals surface area contributed by atoms with E-state index in [1.54, 1.807) is 6.20 Å². The molecule has 2 N–H and O–H groups in total. The van der Waals surface area contributed by atoms with E-state index in [-0.39, 0.29) is 11.9 Å². The number of hydrogen-bond acceptors (Lipinski definition) is 3. The van der Waals surface area contributed by atoms with Crippen molar-refractivity contribution in [3.8, 4) is 0 Å². The normalized spacial score (nSPS) is 18.9. The van der Waals surface area contributed by atoms with Gasteiger partial charge in [-0.05, 0) is 44.4 Å². The van der Waals surface area contributed by atoms with Crippen LogP contribution in [0.15, 0.2) is 36.5 Å². The molecule has 1 aliphatic rings. The van der Waals surface area contributed by atoms with Crippen molar-refractivity contribution in [3.63, 3.8) is 0 Å². The number of benzene rings is 1. The first-order valence-electron chi connectivity index (χ1n) is 7.66. The summed E-state index contributed by atoms with van der Waals surface area (Å²) in [6.07, 6.45) is 5.93. The Morgan fingerprint density at radius 2 is 2.14 bits per heavy atom. The van der Waals surface area contributed by atoms with Crippen LogP contribution in [0.2, 0.25) is 0 Å². The number of aromatic nitrogens is 1. The Bertz CT molecular complexity index is 633. The number of piperidine rings is 1. The molecule has 3 rings (SSSR count). The third kappa shape index (κ3) is 2.76. The second-order valence-electron chi connectivity index (χ2n) is 5.60. The lowest BCUT2D eigenvalue weighted by atomic mass is 9.97. The zero-order chi connectivity index (χ0) is 14.7. The molecule has 0 spiro atoms. The van der Waals surface area contributed by atoms with E-state index in [1.807, 2.05) is 35.2 Å². The highest BCUT2D eigenvalue weighted by molar-refractivity contribution is 6.06. The van der Waals surface area contributed by atoms with E-state index in [9.17, 15) is 4.79 Å². The summed E-state index contributed by atoms with van der Waals surface area (Å²) in [5.41, 5.74) is 7.33. The third-order valence-corrected chi connectivity index (χ3v) is 4.27. The van der Waals surface area contributed by atoms with Gasteiger partial charge in [-0.15, -0.1) is 0 Å². The molecule has 0 aliphatic carbocycles. The molecule has 1 aliphatic heterocycles. The first-order valence-corrected chi connectivity index (χ1v) is 7.66. The lowest BCUT2D eigenvalue weighted by Crippen LogP contribution is -2.44. The minimum absolute atomic E-state index is 0.117. The summed E-state index contributed by atoms with van der Waals surface area (Å²) in [6.45, 7) is 1.46. The molecule has 1 unspecified atom stereocenters. The minimum Gasteiger partial charge on any atom is -0.336 e. The Hall–Kier alpha value is -1.94. The fourth-order valence-corrected chi connectivity index (χ4v) is 3.20. The van der Waals surface area contributed by atoms with E-state index in [0.29, 0.717) is 6.54 Å². The maximum atomic E-state index is 13.0. The van der Waals surface area contributed by atoms with E-state index in [2.05, 4.69) is 4.98 Å². The molecule has 1 aromatic heterocycles. The summed E-state index contributed by atoms with van der Waals surface area (Å²) >= 11 is 0. The Morgan fingerprint density at radius 3 is 3.00 bits per heavy atom. The molecular formula is C17H21N3O. The summed E-state index contributed by atoms with van der Waals surface area (Å²) < 4.78 is 0. The zero-order valence-corrected chi connectivity index (χ0v) is 12.2. The largest absolute Gasteiger partial charge is 0.336 e. The van der Waals surface area contributed by atoms with Gasteiger partial charge in [0.05, 0.1) is 11.1 Å². The quantitative estimate of drug-likeness (QED) is 0.942. The summed E-state index contributed by atoms with van der Waals surface area (Å²) in [7, 11) is 0. The second-order valence-corrected chi connectivity index (χ2v) is 5.60. The van der Waals surface area contributed by atoms with Gasteiger partial charge in [0.15, 0.2) is 0 Å². The van der Waals surface area contributed by atoms with Crippen molar-refractivity contribution in [2.24, 2.45) is 5.73 Å². The standard InChI is InChI=1S/C17H21N3O/c18-10-8-13-5-3-4-12-20(13)17(21)15-9-11-19-16-7-2-1-6-14(15)16/h1-2,6-7,9,11,13H,3-5,8,10,12,18H2. The van der Waals surface area contributed by atoms with E-state index in [0.717, 1.165) is 42.3 Å². The first-order chi connectivity index (χ1) is 10.3.